The van der Waals surface area contributed by atoms with Gasteiger partial charge in [-0.1, -0.05) is 37.5 Å². The Labute approximate surface area is 198 Å². The summed E-state index contributed by atoms with van der Waals surface area (Å²) in [7, 11) is 1.25. The lowest BCUT2D eigenvalue weighted by Crippen LogP contribution is -2.55. The van der Waals surface area contributed by atoms with Gasteiger partial charge in [0, 0.05) is 17.8 Å². The number of ether oxygens (including phenoxy) is 1. The van der Waals surface area contributed by atoms with Gasteiger partial charge in [0.2, 0.25) is 11.8 Å². The van der Waals surface area contributed by atoms with Crippen molar-refractivity contribution in [3.63, 3.8) is 0 Å². The van der Waals surface area contributed by atoms with E-state index in [-0.39, 0.29) is 30.5 Å². The number of rotatable bonds is 8. The van der Waals surface area contributed by atoms with Gasteiger partial charge in [-0.05, 0) is 49.6 Å². The van der Waals surface area contributed by atoms with Crippen LogP contribution in [0, 0.1) is 11.6 Å². The Morgan fingerprint density at radius 1 is 1.00 bits per heavy atom. The van der Waals surface area contributed by atoms with Gasteiger partial charge in [0.25, 0.3) is 0 Å². The first-order valence-electron chi connectivity index (χ1n) is 11.5. The smallest absolute Gasteiger partial charge is 0.325 e. The van der Waals surface area contributed by atoms with E-state index in [0.29, 0.717) is 5.69 Å². The third-order valence-electron chi connectivity index (χ3n) is 6.16. The summed E-state index contributed by atoms with van der Waals surface area (Å²) < 4.78 is 32.2. The molecule has 3 rings (SSSR count). The van der Waals surface area contributed by atoms with Crippen molar-refractivity contribution in [3.8, 4) is 0 Å². The number of para-hydroxylation sites is 1. The fourth-order valence-corrected chi connectivity index (χ4v) is 4.52. The number of halogens is 2. The normalized spacial score (nSPS) is 14.8. The van der Waals surface area contributed by atoms with E-state index in [2.05, 4.69) is 0 Å². The lowest BCUT2D eigenvalue weighted by molar-refractivity contribution is -0.143. The lowest BCUT2D eigenvalue weighted by Gasteiger charge is -2.39. The van der Waals surface area contributed by atoms with Gasteiger partial charge in [0.15, 0.2) is 0 Å². The highest BCUT2D eigenvalue weighted by Gasteiger charge is 2.36. The van der Waals surface area contributed by atoms with E-state index in [1.807, 2.05) is 0 Å². The zero-order chi connectivity index (χ0) is 24.7. The fourth-order valence-electron chi connectivity index (χ4n) is 4.52. The van der Waals surface area contributed by atoms with Crippen molar-refractivity contribution >= 4 is 23.5 Å². The Hall–Kier alpha value is -3.29. The Kier molecular flexibility index (Phi) is 8.73. The highest BCUT2D eigenvalue weighted by molar-refractivity contribution is 6.02. The quantitative estimate of drug-likeness (QED) is 0.539. The minimum absolute atomic E-state index is 0.172. The van der Waals surface area contributed by atoms with E-state index in [0.717, 1.165) is 50.3 Å². The summed E-state index contributed by atoms with van der Waals surface area (Å²) in [5.41, 5.74) is 0.713. The maximum atomic E-state index is 13.7. The molecule has 0 unspecified atom stereocenters. The van der Waals surface area contributed by atoms with Crippen LogP contribution in [-0.4, -0.2) is 48.4 Å². The molecule has 6 nitrogen and oxygen atoms in total. The van der Waals surface area contributed by atoms with Gasteiger partial charge in [-0.3, -0.25) is 19.3 Å². The predicted octanol–water partition coefficient (Wildman–Crippen LogP) is 4.26. The van der Waals surface area contributed by atoms with Gasteiger partial charge in [-0.2, -0.15) is 0 Å². The van der Waals surface area contributed by atoms with Crippen LogP contribution >= 0.6 is 0 Å². The molecule has 2 amide bonds. The Morgan fingerprint density at radius 3 is 2.21 bits per heavy atom. The molecular formula is C26H30F2N2O4. The molecule has 0 aromatic heterocycles. The van der Waals surface area contributed by atoms with Gasteiger partial charge in [0.05, 0.1) is 13.5 Å². The highest BCUT2D eigenvalue weighted by Crippen LogP contribution is 2.27. The molecule has 1 fully saturated rings. The van der Waals surface area contributed by atoms with Gasteiger partial charge in [-0.25, -0.2) is 8.78 Å². The summed E-state index contributed by atoms with van der Waals surface area (Å²) in [6, 6.07) is 10.6. The number of benzene rings is 2. The van der Waals surface area contributed by atoms with E-state index >= 15 is 0 Å². The molecule has 8 heteroatoms. The second-order valence-corrected chi connectivity index (χ2v) is 8.56. The molecule has 2 aromatic rings. The molecule has 1 saturated carbocycles. The minimum Gasteiger partial charge on any atom is -0.468 e. The molecule has 0 radical (unpaired) electrons. The maximum Gasteiger partial charge on any atom is 0.325 e. The molecular weight excluding hydrogens is 442 g/mol. The number of methoxy groups -OCH3 is 1. The largest absolute Gasteiger partial charge is 0.468 e. The summed E-state index contributed by atoms with van der Waals surface area (Å²) in [6.07, 6.45) is 4.15. The van der Waals surface area contributed by atoms with Gasteiger partial charge in [-0.15, -0.1) is 0 Å². The molecule has 0 bridgehead atoms. The average Bonchev–Trinajstić information content (AvgIpc) is 2.82. The Bertz CT molecular complexity index is 989. The topological polar surface area (TPSA) is 66.9 Å². The van der Waals surface area contributed by atoms with Gasteiger partial charge in [0.1, 0.15) is 24.2 Å². The van der Waals surface area contributed by atoms with Crippen LogP contribution in [0.2, 0.25) is 0 Å². The minimum atomic E-state index is -0.890. The second kappa shape index (κ2) is 11.7. The predicted molar refractivity (Wildman–Crippen MR) is 124 cm³/mol. The van der Waals surface area contributed by atoms with E-state index in [9.17, 15) is 23.2 Å². The zero-order valence-electron chi connectivity index (χ0n) is 19.5. The highest BCUT2D eigenvalue weighted by atomic mass is 19.1. The summed E-state index contributed by atoms with van der Waals surface area (Å²) in [6.45, 7) is 1.33. The van der Waals surface area contributed by atoms with Crippen molar-refractivity contribution in [2.45, 2.75) is 57.5 Å². The van der Waals surface area contributed by atoms with Crippen LogP contribution in [0.4, 0.5) is 14.5 Å². The molecule has 182 valence electrons. The van der Waals surface area contributed by atoms with Gasteiger partial charge >= 0.3 is 5.97 Å². The van der Waals surface area contributed by atoms with Crippen molar-refractivity contribution in [2.24, 2.45) is 0 Å². The molecule has 0 aliphatic heterocycles. The SMILES string of the molecule is COC(=O)CN(C(=O)[C@H](C)N(C(=O)Cc1cc(F)cc(F)c1)C1CCCCC1)c1ccccc1. The summed E-state index contributed by atoms with van der Waals surface area (Å²) in [5.74, 6) is -2.92. The maximum absolute atomic E-state index is 13.7. The number of anilines is 1. The first-order chi connectivity index (χ1) is 16.3. The number of carbonyl (C=O) groups is 3. The van der Waals surface area contributed by atoms with Crippen molar-refractivity contribution in [2.75, 3.05) is 18.6 Å². The number of hydrogen-bond acceptors (Lipinski definition) is 4. The van der Waals surface area contributed by atoms with E-state index in [4.69, 9.17) is 4.74 Å². The van der Waals surface area contributed by atoms with Crippen molar-refractivity contribution in [1.29, 1.82) is 0 Å². The van der Waals surface area contributed by atoms with Crippen LogP contribution in [0.3, 0.4) is 0 Å². The molecule has 0 N–H and O–H groups in total. The number of hydrogen-bond donors (Lipinski definition) is 0. The van der Waals surface area contributed by atoms with Crippen LogP contribution in [-0.2, 0) is 25.5 Å². The molecule has 0 spiro atoms. The van der Waals surface area contributed by atoms with Crippen molar-refractivity contribution in [3.05, 3.63) is 65.7 Å². The zero-order valence-corrected chi connectivity index (χ0v) is 19.5. The molecule has 0 heterocycles. The Morgan fingerprint density at radius 2 is 1.62 bits per heavy atom. The average molecular weight is 473 g/mol. The number of amides is 2. The van der Waals surface area contributed by atoms with E-state index in [1.165, 1.54) is 16.9 Å². The molecule has 0 saturated heterocycles. The van der Waals surface area contributed by atoms with Crippen LogP contribution in [0.25, 0.3) is 0 Å². The van der Waals surface area contributed by atoms with Crippen LogP contribution < -0.4 is 4.90 Å². The monoisotopic (exact) mass is 472 g/mol. The number of esters is 1. The molecule has 2 aromatic carbocycles. The molecule has 1 aliphatic rings. The van der Waals surface area contributed by atoms with Crippen molar-refractivity contribution < 1.29 is 27.9 Å². The summed E-state index contributed by atoms with van der Waals surface area (Å²) in [4.78, 5) is 42.0. The Balaban J connectivity index is 1.90. The third kappa shape index (κ3) is 6.40. The van der Waals surface area contributed by atoms with Gasteiger partial charge < -0.3 is 9.64 Å². The van der Waals surface area contributed by atoms with Crippen LogP contribution in [0.1, 0.15) is 44.6 Å². The first-order valence-corrected chi connectivity index (χ1v) is 11.5. The number of carbonyl (C=O) groups excluding carboxylic acids is 3. The molecule has 34 heavy (non-hydrogen) atoms. The third-order valence-corrected chi connectivity index (χ3v) is 6.16. The second-order valence-electron chi connectivity index (χ2n) is 8.56. The molecule has 1 aliphatic carbocycles. The van der Waals surface area contributed by atoms with Crippen LogP contribution in [0.5, 0.6) is 0 Å². The van der Waals surface area contributed by atoms with Crippen LogP contribution in [0.15, 0.2) is 48.5 Å². The number of nitrogens with zero attached hydrogens (tertiary/aromatic N) is 2. The summed E-state index contributed by atoms with van der Waals surface area (Å²) in [5, 5.41) is 0. The molecule has 1 atom stereocenters. The van der Waals surface area contributed by atoms with E-state index in [1.54, 1.807) is 37.3 Å². The fraction of sp³-hybridized carbons (Fsp3) is 0.423. The summed E-state index contributed by atoms with van der Waals surface area (Å²) >= 11 is 0. The standard InChI is InChI=1S/C26H30F2N2O4/c1-18(26(33)29(17-25(32)34-2)22-9-5-3-6-10-22)30(23-11-7-4-8-12-23)24(31)15-19-13-20(27)16-21(28)14-19/h3,5-6,9-10,13-14,16,18,23H,4,7-8,11-12,15,17H2,1-2H3/t18-/m0/s1. The lowest BCUT2D eigenvalue weighted by atomic mass is 9.92. The van der Waals surface area contributed by atoms with E-state index < -0.39 is 29.6 Å². The van der Waals surface area contributed by atoms with Crippen molar-refractivity contribution in [1.82, 2.24) is 4.90 Å². The first kappa shape index (κ1) is 25.3.